The Morgan fingerprint density at radius 2 is 1.79 bits per heavy atom. The minimum Gasteiger partial charge on any atom is -0.348 e. The van der Waals surface area contributed by atoms with E-state index >= 15 is 0 Å². The molecule has 1 aromatic carbocycles. The third-order valence-electron chi connectivity index (χ3n) is 2.99. The summed E-state index contributed by atoms with van der Waals surface area (Å²) in [6.07, 6.45) is 0.152. The monoisotopic (exact) mass is 309 g/mol. The van der Waals surface area contributed by atoms with E-state index in [2.05, 4.69) is 5.32 Å². The molecular weight excluding hydrogens is 295 g/mol. The summed E-state index contributed by atoms with van der Waals surface area (Å²) in [5, 5.41) is 2.65. The molecule has 0 atom stereocenters. The summed E-state index contributed by atoms with van der Waals surface area (Å²) in [5.74, 6) is -1.72. The van der Waals surface area contributed by atoms with Crippen LogP contribution in [-0.4, -0.2) is 23.2 Å². The number of nitrogens with one attached hydrogen (secondary N) is 1. The second kappa shape index (κ2) is 7.06. The molecule has 0 aliphatic heterocycles. The molecule has 106 valence electrons. The average molecular weight is 310 g/mol. The minimum atomic E-state index is -0.748. The van der Waals surface area contributed by atoms with Crippen LogP contribution in [0.25, 0.3) is 0 Å². The lowest BCUT2D eigenvalue weighted by atomic mass is 10.0. The van der Waals surface area contributed by atoms with Crippen LogP contribution in [0, 0.1) is 11.6 Å². The Bertz CT molecular complexity index is 422. The van der Waals surface area contributed by atoms with E-state index in [1.807, 2.05) is 6.92 Å². The van der Waals surface area contributed by atoms with Crippen LogP contribution in [-0.2, 0) is 11.2 Å². The summed E-state index contributed by atoms with van der Waals surface area (Å²) >= 11 is 11.6. The summed E-state index contributed by atoms with van der Waals surface area (Å²) in [6.45, 7) is 1.83. The molecule has 0 spiro atoms. The molecular formula is C13H15Cl2F2NO. The predicted molar refractivity (Wildman–Crippen MR) is 72.7 cm³/mol. The summed E-state index contributed by atoms with van der Waals surface area (Å²) < 4.78 is 26.8. The van der Waals surface area contributed by atoms with Crippen LogP contribution in [0.2, 0.25) is 0 Å². The van der Waals surface area contributed by atoms with Gasteiger partial charge in [-0.3, -0.25) is 4.79 Å². The fourth-order valence-corrected chi connectivity index (χ4v) is 2.38. The number of halogens is 4. The summed E-state index contributed by atoms with van der Waals surface area (Å²) in [4.78, 5) is 11.8. The first kappa shape index (κ1) is 16.2. The van der Waals surface area contributed by atoms with E-state index in [1.165, 1.54) is 6.07 Å². The van der Waals surface area contributed by atoms with Crippen LogP contribution >= 0.6 is 23.2 Å². The molecule has 1 aromatic rings. The first-order valence-electron chi connectivity index (χ1n) is 5.84. The van der Waals surface area contributed by atoms with Gasteiger partial charge in [0.25, 0.3) is 0 Å². The van der Waals surface area contributed by atoms with Crippen molar-refractivity contribution in [1.82, 2.24) is 5.32 Å². The van der Waals surface area contributed by atoms with E-state index < -0.39 is 23.1 Å². The van der Waals surface area contributed by atoms with Gasteiger partial charge in [0, 0.05) is 17.3 Å². The molecule has 1 amide bonds. The van der Waals surface area contributed by atoms with Crippen molar-refractivity contribution in [1.29, 1.82) is 0 Å². The highest BCUT2D eigenvalue weighted by molar-refractivity contribution is 6.22. The second-order valence-electron chi connectivity index (χ2n) is 4.33. The Labute approximate surface area is 121 Å². The molecule has 1 N–H and O–H groups in total. The van der Waals surface area contributed by atoms with Gasteiger partial charge in [-0.2, -0.15) is 0 Å². The summed E-state index contributed by atoms with van der Waals surface area (Å²) in [5.41, 5.74) is -1.00. The smallest absolute Gasteiger partial charge is 0.225 e. The molecule has 0 saturated heterocycles. The summed E-state index contributed by atoms with van der Waals surface area (Å²) in [7, 11) is 0. The standard InChI is InChI=1S/C13H15Cl2F2NO/c1-2-13(7-14,8-15)18-12(19)6-9-10(16)4-3-5-11(9)17/h3-5H,2,6-8H2,1H3,(H,18,19). The number of carbonyl (C=O) groups excluding carboxylic acids is 1. The minimum absolute atomic E-state index is 0.137. The van der Waals surface area contributed by atoms with Gasteiger partial charge in [-0.15, -0.1) is 23.2 Å². The Hall–Kier alpha value is -0.870. The third kappa shape index (κ3) is 4.05. The maximum atomic E-state index is 13.4. The molecule has 2 nitrogen and oxygen atoms in total. The van der Waals surface area contributed by atoms with Crippen LogP contribution in [0.15, 0.2) is 18.2 Å². The van der Waals surface area contributed by atoms with E-state index in [0.717, 1.165) is 12.1 Å². The number of alkyl halides is 2. The zero-order chi connectivity index (χ0) is 14.5. The predicted octanol–water partition coefficient (Wildman–Crippen LogP) is 3.25. The highest BCUT2D eigenvalue weighted by atomic mass is 35.5. The van der Waals surface area contributed by atoms with Crippen molar-refractivity contribution in [2.24, 2.45) is 0 Å². The summed E-state index contributed by atoms with van der Waals surface area (Å²) in [6, 6.07) is 3.48. The Morgan fingerprint density at radius 3 is 2.21 bits per heavy atom. The van der Waals surface area contributed by atoms with E-state index in [0.29, 0.717) is 6.42 Å². The van der Waals surface area contributed by atoms with Crippen molar-refractivity contribution in [2.45, 2.75) is 25.3 Å². The number of amides is 1. The molecule has 0 heterocycles. The average Bonchev–Trinajstić information content (AvgIpc) is 2.41. The number of hydrogen-bond acceptors (Lipinski definition) is 1. The number of rotatable bonds is 6. The Balaban J connectivity index is 2.81. The van der Waals surface area contributed by atoms with Gasteiger partial charge >= 0.3 is 0 Å². The zero-order valence-electron chi connectivity index (χ0n) is 10.5. The van der Waals surface area contributed by atoms with Crippen molar-refractivity contribution < 1.29 is 13.6 Å². The van der Waals surface area contributed by atoms with Gasteiger partial charge in [0.1, 0.15) is 11.6 Å². The van der Waals surface area contributed by atoms with Crippen LogP contribution in [0.4, 0.5) is 8.78 Å². The molecule has 6 heteroatoms. The van der Waals surface area contributed by atoms with Gasteiger partial charge in [0.05, 0.1) is 12.0 Å². The van der Waals surface area contributed by atoms with Crippen molar-refractivity contribution in [3.63, 3.8) is 0 Å². The molecule has 0 unspecified atom stereocenters. The molecule has 1 rings (SSSR count). The zero-order valence-corrected chi connectivity index (χ0v) is 12.0. The topological polar surface area (TPSA) is 29.1 Å². The van der Waals surface area contributed by atoms with Crippen LogP contribution < -0.4 is 5.32 Å². The Morgan fingerprint density at radius 1 is 1.26 bits per heavy atom. The molecule has 19 heavy (non-hydrogen) atoms. The van der Waals surface area contributed by atoms with Gasteiger partial charge in [-0.1, -0.05) is 13.0 Å². The van der Waals surface area contributed by atoms with Crippen molar-refractivity contribution >= 4 is 29.1 Å². The second-order valence-corrected chi connectivity index (χ2v) is 4.86. The Kier molecular flexibility index (Phi) is 6.01. The number of carbonyl (C=O) groups is 1. The molecule has 0 fully saturated rings. The first-order valence-corrected chi connectivity index (χ1v) is 6.90. The maximum absolute atomic E-state index is 13.4. The van der Waals surface area contributed by atoms with E-state index in [-0.39, 0.29) is 23.7 Å². The third-order valence-corrected chi connectivity index (χ3v) is 4.02. The van der Waals surface area contributed by atoms with E-state index in [1.54, 1.807) is 0 Å². The maximum Gasteiger partial charge on any atom is 0.225 e. The van der Waals surface area contributed by atoms with Crippen molar-refractivity contribution in [3.8, 4) is 0 Å². The molecule has 0 saturated carbocycles. The molecule has 0 aromatic heterocycles. The fourth-order valence-electron chi connectivity index (χ4n) is 1.58. The quantitative estimate of drug-likeness (QED) is 0.803. The molecule has 0 radical (unpaired) electrons. The van der Waals surface area contributed by atoms with Crippen LogP contribution in [0.3, 0.4) is 0 Å². The van der Waals surface area contributed by atoms with Crippen LogP contribution in [0.1, 0.15) is 18.9 Å². The van der Waals surface area contributed by atoms with Gasteiger partial charge in [0.15, 0.2) is 0 Å². The van der Waals surface area contributed by atoms with E-state index in [9.17, 15) is 13.6 Å². The van der Waals surface area contributed by atoms with Crippen molar-refractivity contribution in [2.75, 3.05) is 11.8 Å². The fraction of sp³-hybridized carbons (Fsp3) is 0.462. The largest absolute Gasteiger partial charge is 0.348 e. The van der Waals surface area contributed by atoms with Gasteiger partial charge in [0.2, 0.25) is 5.91 Å². The SMILES string of the molecule is CCC(CCl)(CCl)NC(=O)Cc1c(F)cccc1F. The lowest BCUT2D eigenvalue weighted by molar-refractivity contribution is -0.122. The van der Waals surface area contributed by atoms with Crippen molar-refractivity contribution in [3.05, 3.63) is 35.4 Å². The van der Waals surface area contributed by atoms with Gasteiger partial charge in [-0.05, 0) is 18.6 Å². The molecule has 0 aliphatic rings. The van der Waals surface area contributed by atoms with Gasteiger partial charge < -0.3 is 5.32 Å². The first-order chi connectivity index (χ1) is 8.98. The van der Waals surface area contributed by atoms with Gasteiger partial charge in [-0.25, -0.2) is 8.78 Å². The molecule has 0 aliphatic carbocycles. The number of hydrogen-bond donors (Lipinski definition) is 1. The van der Waals surface area contributed by atoms with E-state index in [4.69, 9.17) is 23.2 Å². The number of benzene rings is 1. The normalized spacial score (nSPS) is 11.4. The van der Waals surface area contributed by atoms with Crippen LogP contribution in [0.5, 0.6) is 0 Å². The molecule has 0 bridgehead atoms. The highest BCUT2D eigenvalue weighted by Gasteiger charge is 2.28. The lowest BCUT2D eigenvalue weighted by Crippen LogP contribution is -2.51. The lowest BCUT2D eigenvalue weighted by Gasteiger charge is -2.29. The highest BCUT2D eigenvalue weighted by Crippen LogP contribution is 2.17.